The molecule has 6 nitrogen and oxygen atoms in total. The van der Waals surface area contributed by atoms with Gasteiger partial charge in [-0.1, -0.05) is 51.2 Å². The lowest BCUT2D eigenvalue weighted by molar-refractivity contribution is 0.299. The number of phenols is 1. The second kappa shape index (κ2) is 9.37. The van der Waals surface area contributed by atoms with Crippen LogP contribution in [0.25, 0.3) is 16.7 Å². The van der Waals surface area contributed by atoms with Crippen molar-refractivity contribution < 1.29 is 9.84 Å². The Labute approximate surface area is 159 Å². The number of fused-ring (bicyclic) bond motifs is 1. The van der Waals surface area contributed by atoms with Crippen LogP contribution in [0.3, 0.4) is 0 Å². The van der Waals surface area contributed by atoms with Gasteiger partial charge >= 0.3 is 0 Å². The van der Waals surface area contributed by atoms with Crippen molar-refractivity contribution in [3.63, 3.8) is 0 Å². The van der Waals surface area contributed by atoms with Crippen LogP contribution in [0.15, 0.2) is 36.4 Å². The van der Waals surface area contributed by atoms with Gasteiger partial charge in [0.25, 0.3) is 0 Å². The molecule has 0 amide bonds. The van der Waals surface area contributed by atoms with E-state index >= 15 is 0 Å². The fraction of sp³-hybridized carbons (Fsp3) is 0.429. The molecular formula is C21H28N4O2. The van der Waals surface area contributed by atoms with Crippen molar-refractivity contribution in [1.82, 2.24) is 15.0 Å². The first kappa shape index (κ1) is 19.2. The summed E-state index contributed by atoms with van der Waals surface area (Å²) in [7, 11) is 0. The van der Waals surface area contributed by atoms with Crippen molar-refractivity contribution in [3.8, 4) is 17.2 Å². The Bertz CT molecular complexity index is 843. The molecule has 0 fully saturated rings. The molecule has 0 saturated carbocycles. The molecule has 0 radical (unpaired) electrons. The van der Waals surface area contributed by atoms with Crippen LogP contribution in [0.2, 0.25) is 0 Å². The van der Waals surface area contributed by atoms with Crippen LogP contribution in [0.4, 0.5) is 0 Å². The van der Waals surface area contributed by atoms with Gasteiger partial charge in [-0.15, -0.1) is 15.0 Å². The molecule has 1 heterocycles. The van der Waals surface area contributed by atoms with E-state index < -0.39 is 0 Å². The number of rotatable bonds is 10. The molecule has 0 spiro atoms. The summed E-state index contributed by atoms with van der Waals surface area (Å²) in [5.74, 6) is 0.697. The number of phenolic OH excluding ortho intramolecular Hbond substituents is 1. The molecule has 0 saturated heterocycles. The number of hydrogen-bond acceptors (Lipinski definition) is 5. The van der Waals surface area contributed by atoms with Gasteiger partial charge in [0.05, 0.1) is 12.2 Å². The summed E-state index contributed by atoms with van der Waals surface area (Å²) in [4.78, 5) is 1.44. The first-order valence-electron chi connectivity index (χ1n) is 9.74. The molecule has 1 aromatic heterocycles. The Morgan fingerprint density at radius 2 is 1.63 bits per heavy atom. The van der Waals surface area contributed by atoms with E-state index in [0.717, 1.165) is 23.9 Å². The van der Waals surface area contributed by atoms with Gasteiger partial charge in [0.2, 0.25) is 0 Å². The third kappa shape index (κ3) is 4.57. The number of hydrogen-bond donors (Lipinski definition) is 2. The van der Waals surface area contributed by atoms with Crippen LogP contribution in [0.5, 0.6) is 11.5 Å². The molecule has 0 bridgehead atoms. The molecule has 3 rings (SSSR count). The number of nitrogens with zero attached hydrogens (tertiary/aromatic N) is 3. The Hall–Kier alpha value is -2.60. The van der Waals surface area contributed by atoms with Gasteiger partial charge in [-0.2, -0.15) is 0 Å². The smallest absolute Gasteiger partial charge is 0.151 e. The molecule has 0 atom stereocenters. The average Bonchev–Trinajstić information content (AvgIpc) is 3.11. The monoisotopic (exact) mass is 368 g/mol. The van der Waals surface area contributed by atoms with Gasteiger partial charge in [-0.05, 0) is 30.7 Å². The van der Waals surface area contributed by atoms with Crippen molar-refractivity contribution in [2.45, 2.75) is 52.0 Å². The fourth-order valence-corrected chi connectivity index (χ4v) is 3.13. The molecule has 0 aliphatic carbocycles. The van der Waals surface area contributed by atoms with Crippen LogP contribution in [-0.4, -0.2) is 26.7 Å². The van der Waals surface area contributed by atoms with E-state index in [0.29, 0.717) is 23.6 Å². The first-order valence-corrected chi connectivity index (χ1v) is 9.74. The quantitative estimate of drug-likeness (QED) is 0.520. The van der Waals surface area contributed by atoms with E-state index in [1.807, 2.05) is 30.3 Å². The minimum absolute atomic E-state index is 0.0678. The Morgan fingerprint density at radius 3 is 2.30 bits per heavy atom. The van der Waals surface area contributed by atoms with Crippen molar-refractivity contribution in [3.05, 3.63) is 42.0 Å². The van der Waals surface area contributed by atoms with E-state index in [-0.39, 0.29) is 12.3 Å². The van der Waals surface area contributed by atoms with Gasteiger partial charge in [0, 0.05) is 6.54 Å². The molecule has 2 aromatic carbocycles. The summed E-state index contributed by atoms with van der Waals surface area (Å²) in [5, 5.41) is 19.5. The van der Waals surface area contributed by atoms with Crippen molar-refractivity contribution in [1.29, 1.82) is 0 Å². The van der Waals surface area contributed by atoms with E-state index in [1.54, 1.807) is 6.07 Å². The largest absolute Gasteiger partial charge is 0.505 e. The topological polar surface area (TPSA) is 86.2 Å². The maximum absolute atomic E-state index is 10.7. The lowest BCUT2D eigenvalue weighted by Gasteiger charge is -2.14. The van der Waals surface area contributed by atoms with Crippen molar-refractivity contribution in [2.75, 3.05) is 6.61 Å². The highest BCUT2D eigenvalue weighted by molar-refractivity contribution is 5.73. The van der Waals surface area contributed by atoms with Crippen LogP contribution >= 0.6 is 0 Å². The Balaban J connectivity index is 1.70. The van der Waals surface area contributed by atoms with Crippen molar-refractivity contribution >= 4 is 11.0 Å². The number of unbranched alkanes of at least 4 members (excludes halogenated alkanes) is 5. The third-order valence-corrected chi connectivity index (χ3v) is 4.68. The molecule has 27 heavy (non-hydrogen) atoms. The summed E-state index contributed by atoms with van der Waals surface area (Å²) in [6.45, 7) is 3.03. The first-order chi connectivity index (χ1) is 13.2. The predicted octanol–water partition coefficient (Wildman–Crippen LogP) is 4.32. The summed E-state index contributed by atoms with van der Waals surface area (Å²) in [6.07, 6.45) is 7.23. The summed E-state index contributed by atoms with van der Waals surface area (Å²) < 4.78 is 5.88. The van der Waals surface area contributed by atoms with Gasteiger partial charge in [-0.25, -0.2) is 0 Å². The summed E-state index contributed by atoms with van der Waals surface area (Å²) in [6, 6.07) is 11.2. The maximum Gasteiger partial charge on any atom is 0.151 e. The van der Waals surface area contributed by atoms with Gasteiger partial charge in [0.1, 0.15) is 22.5 Å². The van der Waals surface area contributed by atoms with E-state index in [9.17, 15) is 5.11 Å². The number of nitrogens with two attached hydrogens (primary N) is 1. The number of aromatic nitrogens is 3. The van der Waals surface area contributed by atoms with Crippen LogP contribution < -0.4 is 10.5 Å². The maximum atomic E-state index is 10.7. The second-order valence-electron chi connectivity index (χ2n) is 6.71. The zero-order valence-corrected chi connectivity index (χ0v) is 15.9. The van der Waals surface area contributed by atoms with Gasteiger partial charge < -0.3 is 15.6 Å². The highest BCUT2D eigenvalue weighted by Gasteiger charge is 2.16. The lowest BCUT2D eigenvalue weighted by atomic mass is 10.1. The zero-order valence-electron chi connectivity index (χ0n) is 15.9. The Morgan fingerprint density at radius 1 is 0.963 bits per heavy atom. The number of benzene rings is 2. The van der Waals surface area contributed by atoms with Crippen LogP contribution in [0.1, 0.15) is 51.0 Å². The molecule has 3 aromatic rings. The lowest BCUT2D eigenvalue weighted by Crippen LogP contribution is -2.07. The minimum Gasteiger partial charge on any atom is -0.505 e. The molecule has 3 N–H and O–H groups in total. The fourth-order valence-electron chi connectivity index (χ4n) is 3.13. The van der Waals surface area contributed by atoms with E-state index in [1.165, 1.54) is 30.5 Å². The predicted molar refractivity (Wildman–Crippen MR) is 107 cm³/mol. The molecule has 0 aliphatic heterocycles. The molecule has 6 heteroatoms. The van der Waals surface area contributed by atoms with Gasteiger partial charge in [-0.3, -0.25) is 0 Å². The van der Waals surface area contributed by atoms with Gasteiger partial charge in [0.15, 0.2) is 5.75 Å². The molecule has 144 valence electrons. The number of ether oxygens (including phenoxy) is 1. The zero-order chi connectivity index (χ0) is 19.1. The molecular weight excluding hydrogens is 340 g/mol. The Kier molecular flexibility index (Phi) is 6.65. The summed E-state index contributed by atoms with van der Waals surface area (Å²) >= 11 is 0. The van der Waals surface area contributed by atoms with E-state index in [4.69, 9.17) is 10.5 Å². The normalized spacial score (nSPS) is 11.2. The second-order valence-corrected chi connectivity index (χ2v) is 6.71. The number of aromatic hydroxyl groups is 1. The minimum atomic E-state index is 0.0678. The highest BCUT2D eigenvalue weighted by atomic mass is 16.5. The average molecular weight is 368 g/mol. The SMILES string of the molecule is CCCCCCCCOc1ccc(-n2nc3ccccc3n2)c(O)c1CN. The van der Waals surface area contributed by atoms with Crippen LogP contribution in [-0.2, 0) is 6.54 Å². The summed E-state index contributed by atoms with van der Waals surface area (Å²) in [5.41, 5.74) is 8.50. The third-order valence-electron chi connectivity index (χ3n) is 4.68. The van der Waals surface area contributed by atoms with Crippen LogP contribution in [0, 0.1) is 0 Å². The molecule has 0 aliphatic rings. The standard InChI is InChI=1S/C21H28N4O2/c1-2-3-4-5-6-9-14-27-20-13-12-19(21(26)16(20)15-22)25-23-17-10-7-8-11-18(17)24-25/h7-8,10-13,26H,2-6,9,14-15,22H2,1H3. The highest BCUT2D eigenvalue weighted by Crippen LogP contribution is 2.33. The van der Waals surface area contributed by atoms with E-state index in [2.05, 4.69) is 17.1 Å². The van der Waals surface area contributed by atoms with Crippen molar-refractivity contribution in [2.24, 2.45) is 5.73 Å². The molecule has 0 unspecified atom stereocenters.